The van der Waals surface area contributed by atoms with Crippen LogP contribution >= 0.6 is 0 Å². The zero-order valence-corrected chi connectivity index (χ0v) is 8.36. The van der Waals surface area contributed by atoms with Crippen LogP contribution in [0.5, 0.6) is 0 Å². The van der Waals surface area contributed by atoms with Crippen molar-refractivity contribution >= 4 is 0 Å². The van der Waals surface area contributed by atoms with E-state index in [0.717, 1.165) is 6.07 Å². The molecule has 0 aliphatic heterocycles. The van der Waals surface area contributed by atoms with Gasteiger partial charge in [-0.3, -0.25) is 0 Å². The molecule has 3 heteroatoms. The number of rotatable bonds is 3. The third-order valence-electron chi connectivity index (χ3n) is 2.44. The molecule has 1 aromatic carbocycles. The molecule has 1 aromatic rings. The van der Waals surface area contributed by atoms with E-state index in [1.807, 2.05) is 0 Å². The third kappa shape index (κ3) is 1.96. The normalized spacial score (nSPS) is 11.2. The molecule has 0 aromatic heterocycles. The maximum absolute atomic E-state index is 13.4. The van der Waals surface area contributed by atoms with Gasteiger partial charge in [-0.1, -0.05) is 12.2 Å². The minimum Gasteiger partial charge on any atom is -0.207 e. The van der Waals surface area contributed by atoms with Crippen molar-refractivity contribution in [1.29, 1.82) is 0 Å². The van der Waals surface area contributed by atoms with Crippen molar-refractivity contribution in [3.05, 3.63) is 60.5 Å². The van der Waals surface area contributed by atoms with Crippen molar-refractivity contribution in [1.82, 2.24) is 0 Å². The Balaban J connectivity index is 3.43. The van der Waals surface area contributed by atoms with E-state index in [1.165, 1.54) is 12.2 Å². The maximum Gasteiger partial charge on any atom is 0.161 e. The van der Waals surface area contributed by atoms with Gasteiger partial charge in [-0.2, -0.15) is 0 Å². The molecule has 80 valence electrons. The first-order chi connectivity index (χ1) is 6.94. The molecule has 0 saturated heterocycles. The summed E-state index contributed by atoms with van der Waals surface area (Å²) < 4.78 is 39.0. The van der Waals surface area contributed by atoms with Gasteiger partial charge in [0.05, 0.1) is 0 Å². The molecule has 0 heterocycles. The predicted octanol–water partition coefficient (Wildman–Crippen LogP) is 3.73. The van der Waals surface area contributed by atoms with E-state index in [4.69, 9.17) is 0 Å². The van der Waals surface area contributed by atoms with Crippen LogP contribution in [0, 0.1) is 17.5 Å². The molecule has 0 radical (unpaired) electrons. The van der Waals surface area contributed by atoms with E-state index >= 15 is 0 Å². The second-order valence-electron chi connectivity index (χ2n) is 3.44. The van der Waals surface area contributed by atoms with Gasteiger partial charge in [-0.25, -0.2) is 13.2 Å². The van der Waals surface area contributed by atoms with Gasteiger partial charge in [0.2, 0.25) is 0 Å². The lowest BCUT2D eigenvalue weighted by atomic mass is 9.82. The Bertz CT molecular complexity index is 400. The molecule has 1 rings (SSSR count). The molecule has 0 spiro atoms. The quantitative estimate of drug-likeness (QED) is 0.529. The van der Waals surface area contributed by atoms with Crippen LogP contribution in [0.2, 0.25) is 0 Å². The Morgan fingerprint density at radius 1 is 1.00 bits per heavy atom. The fourth-order valence-electron chi connectivity index (χ4n) is 1.24. The highest BCUT2D eigenvalue weighted by molar-refractivity contribution is 5.36. The Morgan fingerprint density at radius 2 is 1.47 bits per heavy atom. The van der Waals surface area contributed by atoms with Crippen LogP contribution in [-0.2, 0) is 5.41 Å². The van der Waals surface area contributed by atoms with Gasteiger partial charge >= 0.3 is 0 Å². The molecule has 0 unspecified atom stereocenters. The van der Waals surface area contributed by atoms with E-state index in [0.29, 0.717) is 6.07 Å². The minimum atomic E-state index is -1.20. The summed E-state index contributed by atoms with van der Waals surface area (Å²) in [7, 11) is 0. The fourth-order valence-corrected chi connectivity index (χ4v) is 1.24. The summed E-state index contributed by atoms with van der Waals surface area (Å²) in [6.07, 6.45) is 2.85. The summed E-state index contributed by atoms with van der Waals surface area (Å²) in [5.74, 6) is -3.09. The number of allylic oxidation sites excluding steroid dienone is 2. The van der Waals surface area contributed by atoms with Gasteiger partial charge in [0.25, 0.3) is 0 Å². The zero-order valence-electron chi connectivity index (χ0n) is 8.36. The molecule has 0 aliphatic carbocycles. The van der Waals surface area contributed by atoms with Crippen LogP contribution < -0.4 is 0 Å². The molecular weight excluding hydrogens is 201 g/mol. The predicted molar refractivity (Wildman–Crippen MR) is 54.1 cm³/mol. The molecule has 0 saturated carbocycles. The van der Waals surface area contributed by atoms with Crippen molar-refractivity contribution < 1.29 is 13.2 Å². The lowest BCUT2D eigenvalue weighted by molar-refractivity contribution is 0.483. The van der Waals surface area contributed by atoms with Crippen molar-refractivity contribution in [3.63, 3.8) is 0 Å². The van der Waals surface area contributed by atoms with E-state index in [1.54, 1.807) is 6.92 Å². The fraction of sp³-hybridized carbons (Fsp3) is 0.167. The van der Waals surface area contributed by atoms with Crippen LogP contribution in [0.15, 0.2) is 37.4 Å². The van der Waals surface area contributed by atoms with Gasteiger partial charge in [-0.15, -0.1) is 13.2 Å². The number of hydrogen-bond acceptors (Lipinski definition) is 0. The molecular formula is C12H11F3. The average Bonchev–Trinajstić information content (AvgIpc) is 2.22. The smallest absolute Gasteiger partial charge is 0.161 e. The van der Waals surface area contributed by atoms with Crippen LogP contribution in [-0.4, -0.2) is 0 Å². The summed E-state index contributed by atoms with van der Waals surface area (Å²) >= 11 is 0. The summed E-state index contributed by atoms with van der Waals surface area (Å²) in [5, 5.41) is 0. The molecule has 0 atom stereocenters. The Labute approximate surface area is 86.7 Å². The topological polar surface area (TPSA) is 0 Å². The van der Waals surface area contributed by atoms with Gasteiger partial charge in [0, 0.05) is 17.0 Å². The summed E-state index contributed by atoms with van der Waals surface area (Å²) in [5.41, 5.74) is -0.884. The maximum atomic E-state index is 13.4. The lowest BCUT2D eigenvalue weighted by Crippen LogP contribution is -2.17. The van der Waals surface area contributed by atoms with E-state index in [2.05, 4.69) is 13.2 Å². The largest absolute Gasteiger partial charge is 0.207 e. The SMILES string of the molecule is C=CC(C)(C=C)c1cc(F)c(F)cc1F. The summed E-state index contributed by atoms with van der Waals surface area (Å²) in [4.78, 5) is 0. The van der Waals surface area contributed by atoms with E-state index in [9.17, 15) is 13.2 Å². The van der Waals surface area contributed by atoms with Gasteiger partial charge in [-0.05, 0) is 13.0 Å². The Morgan fingerprint density at radius 3 is 1.93 bits per heavy atom. The molecule has 0 aliphatic rings. The molecule has 15 heavy (non-hydrogen) atoms. The van der Waals surface area contributed by atoms with Crippen molar-refractivity contribution in [2.75, 3.05) is 0 Å². The van der Waals surface area contributed by atoms with Crippen molar-refractivity contribution in [3.8, 4) is 0 Å². The lowest BCUT2D eigenvalue weighted by Gasteiger charge is -2.22. The minimum absolute atomic E-state index is 0.0198. The van der Waals surface area contributed by atoms with Crippen LogP contribution in [0.4, 0.5) is 13.2 Å². The Hall–Kier alpha value is -1.51. The first kappa shape index (κ1) is 11.6. The summed E-state index contributed by atoms with van der Waals surface area (Å²) in [6, 6.07) is 1.35. The highest BCUT2D eigenvalue weighted by atomic mass is 19.2. The molecule has 0 amide bonds. The van der Waals surface area contributed by atoms with E-state index in [-0.39, 0.29) is 5.56 Å². The number of hydrogen-bond donors (Lipinski definition) is 0. The monoisotopic (exact) mass is 212 g/mol. The van der Waals surface area contributed by atoms with Gasteiger partial charge < -0.3 is 0 Å². The number of benzene rings is 1. The third-order valence-corrected chi connectivity index (χ3v) is 2.44. The molecule has 0 bridgehead atoms. The molecule has 0 nitrogen and oxygen atoms in total. The second-order valence-corrected chi connectivity index (χ2v) is 3.44. The first-order valence-corrected chi connectivity index (χ1v) is 4.37. The molecule has 0 fully saturated rings. The van der Waals surface area contributed by atoms with Crippen molar-refractivity contribution in [2.45, 2.75) is 12.3 Å². The van der Waals surface area contributed by atoms with Gasteiger partial charge in [0.15, 0.2) is 11.6 Å². The number of halogens is 3. The van der Waals surface area contributed by atoms with Crippen LogP contribution in [0.25, 0.3) is 0 Å². The van der Waals surface area contributed by atoms with Crippen molar-refractivity contribution in [2.24, 2.45) is 0 Å². The second kappa shape index (κ2) is 3.93. The van der Waals surface area contributed by atoms with E-state index < -0.39 is 22.9 Å². The summed E-state index contributed by atoms with van der Waals surface area (Å²) in [6.45, 7) is 8.65. The average molecular weight is 212 g/mol. The van der Waals surface area contributed by atoms with Crippen LogP contribution in [0.3, 0.4) is 0 Å². The highest BCUT2D eigenvalue weighted by Gasteiger charge is 2.24. The zero-order chi connectivity index (χ0) is 11.6. The highest BCUT2D eigenvalue weighted by Crippen LogP contribution is 2.29. The first-order valence-electron chi connectivity index (χ1n) is 4.37. The standard InChI is InChI=1S/C12H11F3/c1-4-12(3,5-2)8-6-10(14)11(15)7-9(8)13/h4-7H,1-2H2,3H3. The molecule has 0 N–H and O–H groups in total. The van der Waals surface area contributed by atoms with Crippen LogP contribution in [0.1, 0.15) is 12.5 Å². The van der Waals surface area contributed by atoms with Gasteiger partial charge in [0.1, 0.15) is 5.82 Å². The Kier molecular flexibility index (Phi) is 3.03.